The van der Waals surface area contributed by atoms with Crippen molar-refractivity contribution in [2.24, 2.45) is 0 Å². The van der Waals surface area contributed by atoms with E-state index >= 15 is 0 Å². The average Bonchev–Trinajstić information content (AvgIpc) is 3.59. The van der Waals surface area contributed by atoms with Gasteiger partial charge in [0.25, 0.3) is 0 Å². The van der Waals surface area contributed by atoms with Crippen molar-refractivity contribution in [3.05, 3.63) is 66.1 Å². The number of piperidine rings is 1. The summed E-state index contributed by atoms with van der Waals surface area (Å²) in [6.07, 6.45) is 6.89. The molecule has 0 bridgehead atoms. The second kappa shape index (κ2) is 7.51. The Hall–Kier alpha value is -2.46. The maximum Gasteiger partial charge on any atom is 0.133 e. The van der Waals surface area contributed by atoms with Gasteiger partial charge in [-0.15, -0.1) is 0 Å². The van der Waals surface area contributed by atoms with Crippen LogP contribution in [0.2, 0.25) is 0 Å². The molecule has 2 aromatic carbocycles. The zero-order chi connectivity index (χ0) is 18.9. The summed E-state index contributed by atoms with van der Waals surface area (Å²) in [7, 11) is 2.20. The van der Waals surface area contributed by atoms with Gasteiger partial charge in [-0.25, -0.2) is 9.97 Å². The number of hydrogen-bond donors (Lipinski definition) is 0. The van der Waals surface area contributed by atoms with Crippen LogP contribution >= 0.6 is 0 Å². The molecule has 0 spiro atoms. The minimum absolute atomic E-state index is 0.505. The van der Waals surface area contributed by atoms with Gasteiger partial charge in [0.15, 0.2) is 0 Å². The van der Waals surface area contributed by atoms with E-state index in [2.05, 4.69) is 70.4 Å². The molecule has 1 unspecified atom stereocenters. The summed E-state index contributed by atoms with van der Waals surface area (Å²) < 4.78 is 0. The Morgan fingerprint density at radius 1 is 1.04 bits per heavy atom. The molecule has 1 saturated carbocycles. The lowest BCUT2D eigenvalue weighted by atomic mass is 10.0. The minimum Gasteiger partial charge on any atom is -0.355 e. The molecule has 4 heteroatoms. The molecule has 3 aromatic rings. The summed E-state index contributed by atoms with van der Waals surface area (Å²) >= 11 is 0. The van der Waals surface area contributed by atoms with Crippen molar-refractivity contribution in [2.45, 2.75) is 44.2 Å². The lowest BCUT2D eigenvalue weighted by Crippen LogP contribution is -2.46. The van der Waals surface area contributed by atoms with Gasteiger partial charge in [0.1, 0.15) is 11.6 Å². The zero-order valence-corrected chi connectivity index (χ0v) is 16.6. The summed E-state index contributed by atoms with van der Waals surface area (Å²) in [6, 6.07) is 18.0. The van der Waals surface area contributed by atoms with Crippen LogP contribution in [0.4, 0.5) is 5.82 Å². The highest BCUT2D eigenvalue weighted by molar-refractivity contribution is 5.85. The molecule has 5 rings (SSSR count). The van der Waals surface area contributed by atoms with E-state index in [4.69, 9.17) is 4.98 Å². The fourth-order valence-corrected chi connectivity index (χ4v) is 4.45. The van der Waals surface area contributed by atoms with Gasteiger partial charge in [0.2, 0.25) is 0 Å². The first-order chi connectivity index (χ1) is 13.8. The molecule has 2 heterocycles. The molecular weight excluding hydrogens is 344 g/mol. The molecule has 1 saturated heterocycles. The lowest BCUT2D eigenvalue weighted by molar-refractivity contribution is 0.199. The maximum absolute atomic E-state index is 4.86. The van der Waals surface area contributed by atoms with Gasteiger partial charge in [-0.1, -0.05) is 42.5 Å². The third-order valence-corrected chi connectivity index (χ3v) is 6.27. The zero-order valence-electron chi connectivity index (χ0n) is 16.6. The van der Waals surface area contributed by atoms with Gasteiger partial charge in [-0.05, 0) is 54.6 Å². The van der Waals surface area contributed by atoms with Crippen LogP contribution in [-0.2, 0) is 6.54 Å². The lowest BCUT2D eigenvalue weighted by Gasteiger charge is -2.38. The summed E-state index contributed by atoms with van der Waals surface area (Å²) in [6.45, 7) is 3.27. The Bertz CT molecular complexity index is 960. The maximum atomic E-state index is 4.86. The van der Waals surface area contributed by atoms with E-state index in [1.807, 2.05) is 6.20 Å². The van der Waals surface area contributed by atoms with Crippen molar-refractivity contribution in [1.82, 2.24) is 14.9 Å². The van der Waals surface area contributed by atoms with Crippen LogP contribution in [0.5, 0.6) is 0 Å². The summed E-state index contributed by atoms with van der Waals surface area (Å²) in [5.74, 6) is 2.71. The first kappa shape index (κ1) is 17.6. The number of fused-ring (bicyclic) bond motifs is 1. The number of likely N-dealkylation sites (N-methyl/N-ethyl adjacent to an activating group) is 1. The normalized spacial score (nSPS) is 20.4. The number of nitrogens with zero attached hydrogens (tertiary/aromatic N) is 4. The van der Waals surface area contributed by atoms with Crippen LogP contribution in [0.1, 0.15) is 43.0 Å². The fraction of sp³-hybridized carbons (Fsp3) is 0.417. The van der Waals surface area contributed by atoms with E-state index < -0.39 is 0 Å². The third-order valence-electron chi connectivity index (χ3n) is 6.27. The number of anilines is 1. The van der Waals surface area contributed by atoms with Crippen molar-refractivity contribution in [2.75, 3.05) is 25.0 Å². The Labute approximate surface area is 167 Å². The largest absolute Gasteiger partial charge is 0.355 e. The number of benzene rings is 2. The van der Waals surface area contributed by atoms with E-state index in [-0.39, 0.29) is 0 Å². The first-order valence-electron chi connectivity index (χ1n) is 10.5. The Kier molecular flexibility index (Phi) is 4.73. The van der Waals surface area contributed by atoms with E-state index in [0.29, 0.717) is 12.0 Å². The van der Waals surface area contributed by atoms with Crippen LogP contribution in [0, 0.1) is 0 Å². The highest BCUT2D eigenvalue weighted by Gasteiger charge is 2.28. The molecule has 1 aliphatic heterocycles. The highest BCUT2D eigenvalue weighted by Crippen LogP contribution is 2.38. The topological polar surface area (TPSA) is 32.3 Å². The molecule has 4 nitrogen and oxygen atoms in total. The smallest absolute Gasteiger partial charge is 0.133 e. The molecule has 2 fully saturated rings. The molecule has 0 N–H and O–H groups in total. The minimum atomic E-state index is 0.505. The SMILES string of the molecule is CN(c1ccnc(C2CC2)n1)C1CCCN(Cc2cccc3ccccc23)C1. The monoisotopic (exact) mass is 372 g/mol. The second-order valence-electron chi connectivity index (χ2n) is 8.33. The molecule has 2 aliphatic rings. The van der Waals surface area contributed by atoms with Gasteiger partial charge in [0.05, 0.1) is 0 Å². The summed E-state index contributed by atoms with van der Waals surface area (Å²) in [4.78, 5) is 14.3. The highest BCUT2D eigenvalue weighted by atomic mass is 15.3. The first-order valence-corrected chi connectivity index (χ1v) is 10.5. The average molecular weight is 373 g/mol. The van der Waals surface area contributed by atoms with Crippen LogP contribution in [0.15, 0.2) is 54.7 Å². The Morgan fingerprint density at radius 3 is 2.79 bits per heavy atom. The standard InChI is InChI=1S/C24H28N4/c1-27(23-13-14-25-24(26-23)19-11-12-19)21-9-5-15-28(17-21)16-20-8-4-7-18-6-2-3-10-22(18)20/h2-4,6-8,10,13-14,19,21H,5,9,11-12,15-17H2,1H3. The second-order valence-corrected chi connectivity index (χ2v) is 8.33. The number of rotatable bonds is 5. The Balaban J connectivity index is 1.31. The van der Waals surface area contributed by atoms with Gasteiger partial charge in [-0.3, -0.25) is 4.90 Å². The van der Waals surface area contributed by atoms with Crippen LogP contribution < -0.4 is 4.90 Å². The van der Waals surface area contributed by atoms with Crippen molar-refractivity contribution in [1.29, 1.82) is 0 Å². The van der Waals surface area contributed by atoms with Crippen molar-refractivity contribution in [3.8, 4) is 0 Å². The van der Waals surface area contributed by atoms with Crippen molar-refractivity contribution >= 4 is 16.6 Å². The van der Waals surface area contributed by atoms with E-state index in [1.165, 1.54) is 48.6 Å². The van der Waals surface area contributed by atoms with Gasteiger partial charge < -0.3 is 4.90 Å². The number of likely N-dealkylation sites (tertiary alicyclic amines) is 1. The fourth-order valence-electron chi connectivity index (χ4n) is 4.45. The van der Waals surface area contributed by atoms with Crippen molar-refractivity contribution < 1.29 is 0 Å². The molecule has 0 amide bonds. The number of hydrogen-bond acceptors (Lipinski definition) is 4. The van der Waals surface area contributed by atoms with Gasteiger partial charge >= 0.3 is 0 Å². The quantitative estimate of drug-likeness (QED) is 0.655. The summed E-state index contributed by atoms with van der Waals surface area (Å²) in [5.41, 5.74) is 1.43. The molecule has 144 valence electrons. The summed E-state index contributed by atoms with van der Waals surface area (Å²) in [5, 5.41) is 2.71. The van der Waals surface area contributed by atoms with Crippen LogP contribution in [0.25, 0.3) is 10.8 Å². The van der Waals surface area contributed by atoms with E-state index in [1.54, 1.807) is 0 Å². The van der Waals surface area contributed by atoms with Crippen LogP contribution in [-0.4, -0.2) is 41.0 Å². The van der Waals surface area contributed by atoms with Gasteiger partial charge in [-0.2, -0.15) is 0 Å². The molecule has 0 radical (unpaired) electrons. The predicted molar refractivity (Wildman–Crippen MR) is 115 cm³/mol. The van der Waals surface area contributed by atoms with Crippen molar-refractivity contribution in [3.63, 3.8) is 0 Å². The molecular formula is C24H28N4. The van der Waals surface area contributed by atoms with E-state index in [9.17, 15) is 0 Å². The molecule has 1 aromatic heterocycles. The molecule has 28 heavy (non-hydrogen) atoms. The third kappa shape index (κ3) is 3.61. The predicted octanol–water partition coefficient (Wildman–Crippen LogP) is 4.61. The molecule has 1 atom stereocenters. The van der Waals surface area contributed by atoms with Crippen LogP contribution in [0.3, 0.4) is 0 Å². The number of aromatic nitrogens is 2. The Morgan fingerprint density at radius 2 is 1.89 bits per heavy atom. The van der Waals surface area contributed by atoms with Gasteiger partial charge in [0, 0.05) is 38.3 Å². The molecule has 1 aliphatic carbocycles. The van der Waals surface area contributed by atoms with E-state index in [0.717, 1.165) is 24.7 Å².